The Morgan fingerprint density at radius 3 is 2.56 bits per heavy atom. The number of piperidine rings is 1. The van der Waals surface area contributed by atoms with Crippen molar-refractivity contribution in [2.75, 3.05) is 25.0 Å². The molecule has 0 atom stereocenters. The molecule has 1 N–H and O–H groups in total. The molecule has 0 amide bonds. The predicted octanol–water partition coefficient (Wildman–Crippen LogP) is 3.28. The molecule has 6 heteroatoms. The highest BCUT2D eigenvalue weighted by Gasteiger charge is 2.21. The zero-order chi connectivity index (χ0) is 17.8. The van der Waals surface area contributed by atoms with Crippen LogP contribution in [0.5, 0.6) is 0 Å². The lowest BCUT2D eigenvalue weighted by Crippen LogP contribution is -2.35. The van der Waals surface area contributed by atoms with E-state index < -0.39 is 0 Å². The predicted molar refractivity (Wildman–Crippen MR) is 98.6 cm³/mol. The molecule has 0 spiro atoms. The third-order valence-corrected chi connectivity index (χ3v) is 4.93. The number of hydrogen-bond acceptors (Lipinski definition) is 6. The minimum absolute atomic E-state index is 0.685. The molecule has 136 valence electrons. The first-order chi connectivity index (χ1) is 12.0. The molecule has 3 heterocycles. The van der Waals surface area contributed by atoms with Crippen molar-refractivity contribution in [3.8, 4) is 0 Å². The number of nitrogens with one attached hydrogen (secondary N) is 1. The zero-order valence-corrected chi connectivity index (χ0v) is 15.8. The van der Waals surface area contributed by atoms with Gasteiger partial charge in [-0.2, -0.15) is 0 Å². The van der Waals surface area contributed by atoms with Crippen LogP contribution in [-0.4, -0.2) is 39.5 Å². The molecule has 0 bridgehead atoms. The third kappa shape index (κ3) is 4.78. The minimum atomic E-state index is 0.685. The van der Waals surface area contributed by atoms with Crippen LogP contribution in [0.25, 0.3) is 0 Å². The highest BCUT2D eigenvalue weighted by molar-refractivity contribution is 5.35. The topological polar surface area (TPSA) is 67.1 Å². The molecule has 0 radical (unpaired) electrons. The third-order valence-electron chi connectivity index (χ3n) is 4.93. The van der Waals surface area contributed by atoms with Crippen LogP contribution in [0.2, 0.25) is 0 Å². The van der Waals surface area contributed by atoms with Gasteiger partial charge in [-0.15, -0.1) is 0 Å². The van der Waals surface area contributed by atoms with Crippen molar-refractivity contribution in [2.45, 2.75) is 53.5 Å². The molecule has 3 rings (SSSR count). The van der Waals surface area contributed by atoms with Gasteiger partial charge in [0.1, 0.15) is 17.4 Å². The molecule has 6 nitrogen and oxygen atoms in total. The zero-order valence-electron chi connectivity index (χ0n) is 15.8. The fourth-order valence-electron chi connectivity index (χ4n) is 3.27. The van der Waals surface area contributed by atoms with Crippen LogP contribution in [-0.2, 0) is 13.0 Å². The van der Waals surface area contributed by atoms with E-state index in [-0.39, 0.29) is 0 Å². The van der Waals surface area contributed by atoms with Gasteiger partial charge in [-0.1, -0.05) is 6.92 Å². The normalized spacial score (nSPS) is 16.3. The fourth-order valence-corrected chi connectivity index (χ4v) is 3.27. The summed E-state index contributed by atoms with van der Waals surface area (Å²) >= 11 is 0. The summed E-state index contributed by atoms with van der Waals surface area (Å²) in [7, 11) is 0. The number of aromatic nitrogens is 3. The van der Waals surface area contributed by atoms with Crippen molar-refractivity contribution in [3.05, 3.63) is 34.9 Å². The summed E-state index contributed by atoms with van der Waals surface area (Å²) < 4.78 is 5.70. The summed E-state index contributed by atoms with van der Waals surface area (Å²) in [5.41, 5.74) is 2.03. The molecule has 0 aromatic carbocycles. The maximum Gasteiger partial charge on any atom is 0.208 e. The number of oxazole rings is 1. The Morgan fingerprint density at radius 2 is 1.92 bits per heavy atom. The second kappa shape index (κ2) is 7.95. The summed E-state index contributed by atoms with van der Waals surface area (Å²) in [6.07, 6.45) is 3.25. The molecule has 1 fully saturated rings. The number of nitrogens with zero attached hydrogens (tertiary/aromatic N) is 4. The largest absolute Gasteiger partial charge is 0.444 e. The molecule has 1 aliphatic heterocycles. The van der Waals surface area contributed by atoms with Gasteiger partial charge in [0.2, 0.25) is 5.89 Å². The Morgan fingerprint density at radius 1 is 1.16 bits per heavy atom. The monoisotopic (exact) mass is 343 g/mol. The first-order valence-corrected chi connectivity index (χ1v) is 9.27. The molecule has 1 aliphatic rings. The van der Waals surface area contributed by atoms with Crippen LogP contribution in [0.1, 0.15) is 48.6 Å². The highest BCUT2D eigenvalue weighted by atomic mass is 16.4. The summed E-state index contributed by atoms with van der Waals surface area (Å²) in [5, 5.41) is 3.50. The lowest BCUT2D eigenvalue weighted by atomic mass is 9.97. The van der Waals surface area contributed by atoms with E-state index in [1.165, 1.54) is 12.8 Å². The first-order valence-electron chi connectivity index (χ1n) is 9.27. The molecule has 1 saturated heterocycles. The Balaban J connectivity index is 1.45. The SMILES string of the molecule is CCc1nc(C)cc(NCC2CCN(Cc3nc(C)c(C)o3)CC2)n1. The van der Waals surface area contributed by atoms with E-state index in [0.717, 1.165) is 67.3 Å². The number of rotatable bonds is 6. The summed E-state index contributed by atoms with van der Waals surface area (Å²) in [4.78, 5) is 15.9. The van der Waals surface area contributed by atoms with Crippen molar-refractivity contribution < 1.29 is 4.42 Å². The lowest BCUT2D eigenvalue weighted by Gasteiger charge is -2.31. The van der Waals surface area contributed by atoms with E-state index in [1.807, 2.05) is 26.8 Å². The summed E-state index contributed by atoms with van der Waals surface area (Å²) in [5.74, 6) is 4.33. The lowest BCUT2D eigenvalue weighted by molar-refractivity contribution is 0.167. The maximum absolute atomic E-state index is 5.70. The van der Waals surface area contributed by atoms with Crippen molar-refractivity contribution in [1.82, 2.24) is 19.9 Å². The average Bonchev–Trinajstić information content (AvgIpc) is 2.91. The Kier molecular flexibility index (Phi) is 5.68. The number of anilines is 1. The van der Waals surface area contributed by atoms with Crippen LogP contribution in [0, 0.1) is 26.7 Å². The van der Waals surface area contributed by atoms with Gasteiger partial charge in [0.15, 0.2) is 0 Å². The van der Waals surface area contributed by atoms with Crippen molar-refractivity contribution in [3.63, 3.8) is 0 Å². The number of hydrogen-bond donors (Lipinski definition) is 1. The Labute approximate surface area is 150 Å². The highest BCUT2D eigenvalue weighted by Crippen LogP contribution is 2.20. The van der Waals surface area contributed by atoms with Crippen molar-refractivity contribution in [2.24, 2.45) is 5.92 Å². The van der Waals surface area contributed by atoms with E-state index in [2.05, 4.69) is 32.1 Å². The van der Waals surface area contributed by atoms with Gasteiger partial charge < -0.3 is 9.73 Å². The van der Waals surface area contributed by atoms with Gasteiger partial charge in [-0.3, -0.25) is 4.90 Å². The molecular weight excluding hydrogens is 314 g/mol. The first kappa shape index (κ1) is 17.9. The van der Waals surface area contributed by atoms with Crippen LogP contribution in [0.15, 0.2) is 10.5 Å². The van der Waals surface area contributed by atoms with Gasteiger partial charge in [0.05, 0.1) is 12.2 Å². The van der Waals surface area contributed by atoms with Crippen LogP contribution >= 0.6 is 0 Å². The molecule has 0 saturated carbocycles. The van der Waals surface area contributed by atoms with Crippen LogP contribution < -0.4 is 5.32 Å². The number of aryl methyl sites for hydroxylation is 4. The standard InChI is InChI=1S/C19H29N5O/c1-5-17-21-13(2)10-18(23-17)20-11-16-6-8-24(9-7-16)12-19-22-14(3)15(4)25-19/h10,16H,5-9,11-12H2,1-4H3,(H,20,21,23). The van der Waals surface area contributed by atoms with Crippen LogP contribution in [0.3, 0.4) is 0 Å². The van der Waals surface area contributed by atoms with E-state index in [1.54, 1.807) is 0 Å². The minimum Gasteiger partial charge on any atom is -0.444 e. The van der Waals surface area contributed by atoms with Crippen LogP contribution in [0.4, 0.5) is 5.82 Å². The smallest absolute Gasteiger partial charge is 0.208 e. The second-order valence-electron chi connectivity index (χ2n) is 7.01. The molecule has 25 heavy (non-hydrogen) atoms. The second-order valence-corrected chi connectivity index (χ2v) is 7.01. The van der Waals surface area contributed by atoms with Gasteiger partial charge in [0, 0.05) is 24.7 Å². The van der Waals surface area contributed by atoms with Gasteiger partial charge >= 0.3 is 0 Å². The van der Waals surface area contributed by atoms with E-state index in [4.69, 9.17) is 4.42 Å². The van der Waals surface area contributed by atoms with Crippen molar-refractivity contribution in [1.29, 1.82) is 0 Å². The summed E-state index contributed by atoms with van der Waals surface area (Å²) in [6, 6.07) is 2.03. The fraction of sp³-hybridized carbons (Fsp3) is 0.632. The maximum atomic E-state index is 5.70. The van der Waals surface area contributed by atoms with Gasteiger partial charge in [0.25, 0.3) is 0 Å². The van der Waals surface area contributed by atoms with Crippen molar-refractivity contribution >= 4 is 5.82 Å². The molecule has 2 aromatic heterocycles. The number of likely N-dealkylation sites (tertiary alicyclic amines) is 1. The van der Waals surface area contributed by atoms with E-state index in [0.29, 0.717) is 5.92 Å². The molecule has 0 aliphatic carbocycles. The Hall–Kier alpha value is -1.95. The average molecular weight is 343 g/mol. The quantitative estimate of drug-likeness (QED) is 0.868. The van der Waals surface area contributed by atoms with E-state index >= 15 is 0 Å². The Bertz CT molecular complexity index is 684. The molecular formula is C19H29N5O. The molecule has 0 unspecified atom stereocenters. The summed E-state index contributed by atoms with van der Waals surface area (Å²) in [6.45, 7) is 12.1. The van der Waals surface area contributed by atoms with E-state index in [9.17, 15) is 0 Å². The van der Waals surface area contributed by atoms with Gasteiger partial charge in [-0.05, 0) is 52.6 Å². The van der Waals surface area contributed by atoms with Gasteiger partial charge in [-0.25, -0.2) is 15.0 Å². The molecule has 2 aromatic rings.